The van der Waals surface area contributed by atoms with Crippen LogP contribution in [-0.2, 0) is 9.59 Å². The fourth-order valence-corrected chi connectivity index (χ4v) is 1.85. The quantitative estimate of drug-likeness (QED) is 0.633. The molecule has 2 rings (SSSR count). The Kier molecular flexibility index (Phi) is 4.81. The van der Waals surface area contributed by atoms with Crippen molar-refractivity contribution in [2.75, 3.05) is 0 Å². The van der Waals surface area contributed by atoms with Crippen LogP contribution in [0.3, 0.4) is 0 Å². The van der Waals surface area contributed by atoms with Gasteiger partial charge in [-0.3, -0.25) is 9.59 Å². The van der Waals surface area contributed by atoms with Gasteiger partial charge in [-0.2, -0.15) is 0 Å². The van der Waals surface area contributed by atoms with Gasteiger partial charge >= 0.3 is 11.9 Å². The van der Waals surface area contributed by atoms with Gasteiger partial charge in [0.15, 0.2) is 0 Å². The lowest BCUT2D eigenvalue weighted by Crippen LogP contribution is -2.16. The van der Waals surface area contributed by atoms with Gasteiger partial charge in [-0.15, -0.1) is 0 Å². The van der Waals surface area contributed by atoms with Crippen molar-refractivity contribution in [3.8, 4) is 11.5 Å². The Morgan fingerprint density at radius 2 is 1.45 bits per heavy atom. The summed E-state index contributed by atoms with van der Waals surface area (Å²) in [5.74, 6) is -0.324. The minimum absolute atomic E-state index is 0.229. The zero-order chi connectivity index (χ0) is 16.3. The fraction of sp³-hybridized carbons (Fsp3) is 0.333. The van der Waals surface area contributed by atoms with E-state index in [4.69, 9.17) is 9.47 Å². The Bertz CT molecular complexity index is 701. The van der Waals surface area contributed by atoms with Crippen LogP contribution in [0.25, 0.3) is 10.8 Å². The molecule has 0 amide bonds. The molecule has 0 aromatic heterocycles. The van der Waals surface area contributed by atoms with Crippen LogP contribution in [0.1, 0.15) is 27.7 Å². The molecular weight excluding hydrogens is 280 g/mol. The second-order valence-corrected chi connectivity index (χ2v) is 5.79. The van der Waals surface area contributed by atoms with E-state index < -0.39 is 0 Å². The number of hydrogen-bond donors (Lipinski definition) is 0. The molecule has 2 aromatic carbocycles. The Morgan fingerprint density at radius 1 is 0.864 bits per heavy atom. The smallest absolute Gasteiger partial charge is 0.313 e. The van der Waals surface area contributed by atoms with Gasteiger partial charge < -0.3 is 9.47 Å². The summed E-state index contributed by atoms with van der Waals surface area (Å²) < 4.78 is 10.8. The predicted octanol–water partition coefficient (Wildman–Crippen LogP) is 3.96. The molecule has 0 unspecified atom stereocenters. The standard InChI is InChI=1S/C18H20O4/c1-11(2)17(19)21-14-9-13-7-5-6-8-15(13)16(10-14)22-18(20)12(3)4/h5-12H,1-4H3. The molecule has 0 aliphatic heterocycles. The van der Waals surface area contributed by atoms with Crippen LogP contribution in [0, 0.1) is 11.8 Å². The monoisotopic (exact) mass is 300 g/mol. The average molecular weight is 300 g/mol. The summed E-state index contributed by atoms with van der Waals surface area (Å²) in [6, 6.07) is 10.9. The number of ether oxygens (including phenoxy) is 2. The first-order valence-electron chi connectivity index (χ1n) is 7.34. The SMILES string of the molecule is CC(C)C(=O)Oc1cc(OC(=O)C(C)C)c2ccccc2c1. The molecule has 0 saturated carbocycles. The molecule has 0 aliphatic carbocycles. The number of fused-ring (bicyclic) bond motifs is 1. The number of carbonyl (C=O) groups excluding carboxylic acids is 2. The van der Waals surface area contributed by atoms with Crippen LogP contribution in [0.15, 0.2) is 36.4 Å². The highest BCUT2D eigenvalue weighted by Crippen LogP contribution is 2.32. The maximum Gasteiger partial charge on any atom is 0.313 e. The van der Waals surface area contributed by atoms with Crippen LogP contribution < -0.4 is 9.47 Å². The number of esters is 2. The molecule has 0 heterocycles. The lowest BCUT2D eigenvalue weighted by Gasteiger charge is -2.13. The van der Waals surface area contributed by atoms with Gasteiger partial charge in [0.25, 0.3) is 0 Å². The Labute approximate surface area is 130 Å². The van der Waals surface area contributed by atoms with Gasteiger partial charge in [-0.1, -0.05) is 52.0 Å². The zero-order valence-corrected chi connectivity index (χ0v) is 13.3. The number of benzene rings is 2. The van der Waals surface area contributed by atoms with Crippen LogP contribution in [0.2, 0.25) is 0 Å². The molecule has 0 N–H and O–H groups in total. The zero-order valence-electron chi connectivity index (χ0n) is 13.3. The third kappa shape index (κ3) is 3.64. The molecule has 0 atom stereocenters. The molecule has 0 radical (unpaired) electrons. The molecular formula is C18H20O4. The van der Waals surface area contributed by atoms with E-state index in [1.807, 2.05) is 24.3 Å². The summed E-state index contributed by atoms with van der Waals surface area (Å²) in [6.45, 7) is 7.08. The Balaban J connectivity index is 2.43. The first-order valence-corrected chi connectivity index (χ1v) is 7.34. The molecule has 4 nitrogen and oxygen atoms in total. The topological polar surface area (TPSA) is 52.6 Å². The van der Waals surface area contributed by atoms with Crippen molar-refractivity contribution < 1.29 is 19.1 Å². The fourth-order valence-electron chi connectivity index (χ4n) is 1.85. The van der Waals surface area contributed by atoms with Crippen molar-refractivity contribution >= 4 is 22.7 Å². The summed E-state index contributed by atoms with van der Waals surface area (Å²) in [6.07, 6.45) is 0. The van der Waals surface area contributed by atoms with Gasteiger partial charge in [-0.05, 0) is 11.5 Å². The van der Waals surface area contributed by atoms with Crippen molar-refractivity contribution in [3.63, 3.8) is 0 Å². The molecule has 4 heteroatoms. The normalized spacial score (nSPS) is 11.0. The lowest BCUT2D eigenvalue weighted by atomic mass is 10.1. The van der Waals surface area contributed by atoms with Gasteiger partial charge in [0.1, 0.15) is 11.5 Å². The first-order chi connectivity index (χ1) is 10.4. The van der Waals surface area contributed by atoms with E-state index in [2.05, 4.69) is 0 Å². The second-order valence-electron chi connectivity index (χ2n) is 5.79. The second kappa shape index (κ2) is 6.60. The minimum atomic E-state index is -0.323. The maximum atomic E-state index is 11.9. The third-order valence-electron chi connectivity index (χ3n) is 3.17. The minimum Gasteiger partial charge on any atom is -0.426 e. The molecule has 0 fully saturated rings. The molecule has 2 aromatic rings. The summed E-state index contributed by atoms with van der Waals surface area (Å²) in [5, 5.41) is 1.66. The van der Waals surface area contributed by atoms with Crippen LogP contribution in [0.4, 0.5) is 0 Å². The van der Waals surface area contributed by atoms with Crippen LogP contribution in [0.5, 0.6) is 11.5 Å². The summed E-state index contributed by atoms with van der Waals surface area (Å²) in [5.41, 5.74) is 0. The van der Waals surface area contributed by atoms with Gasteiger partial charge in [0.05, 0.1) is 11.8 Å². The van der Waals surface area contributed by atoms with Crippen LogP contribution in [-0.4, -0.2) is 11.9 Å². The predicted molar refractivity (Wildman–Crippen MR) is 84.9 cm³/mol. The Hall–Kier alpha value is -2.36. The van der Waals surface area contributed by atoms with E-state index in [0.717, 1.165) is 10.8 Å². The first kappa shape index (κ1) is 16.0. The highest BCUT2D eigenvalue weighted by molar-refractivity contribution is 5.92. The van der Waals surface area contributed by atoms with Gasteiger partial charge in [-0.25, -0.2) is 0 Å². The molecule has 0 bridgehead atoms. The maximum absolute atomic E-state index is 11.9. The third-order valence-corrected chi connectivity index (χ3v) is 3.17. The van der Waals surface area contributed by atoms with Crippen LogP contribution >= 0.6 is 0 Å². The van der Waals surface area contributed by atoms with E-state index in [1.165, 1.54) is 0 Å². The summed E-state index contributed by atoms with van der Waals surface area (Å²) in [4.78, 5) is 23.6. The highest BCUT2D eigenvalue weighted by atomic mass is 16.5. The van der Waals surface area contributed by atoms with E-state index in [1.54, 1.807) is 39.8 Å². The van der Waals surface area contributed by atoms with E-state index in [9.17, 15) is 9.59 Å². The number of carbonyl (C=O) groups is 2. The van der Waals surface area contributed by atoms with Gasteiger partial charge in [0.2, 0.25) is 0 Å². The van der Waals surface area contributed by atoms with Gasteiger partial charge in [0, 0.05) is 11.5 Å². The molecule has 116 valence electrons. The summed E-state index contributed by atoms with van der Waals surface area (Å²) >= 11 is 0. The molecule has 0 saturated heterocycles. The van der Waals surface area contributed by atoms with Crippen molar-refractivity contribution in [3.05, 3.63) is 36.4 Å². The highest BCUT2D eigenvalue weighted by Gasteiger charge is 2.16. The van der Waals surface area contributed by atoms with Crippen molar-refractivity contribution in [2.45, 2.75) is 27.7 Å². The van der Waals surface area contributed by atoms with Crippen molar-refractivity contribution in [2.24, 2.45) is 11.8 Å². The average Bonchev–Trinajstić information content (AvgIpc) is 2.46. The van der Waals surface area contributed by atoms with E-state index >= 15 is 0 Å². The van der Waals surface area contributed by atoms with E-state index in [-0.39, 0.29) is 23.8 Å². The lowest BCUT2D eigenvalue weighted by molar-refractivity contribution is -0.138. The Morgan fingerprint density at radius 3 is 2.09 bits per heavy atom. The molecule has 22 heavy (non-hydrogen) atoms. The molecule has 0 spiro atoms. The number of rotatable bonds is 4. The van der Waals surface area contributed by atoms with E-state index in [0.29, 0.717) is 11.5 Å². The summed E-state index contributed by atoms with van der Waals surface area (Å²) in [7, 11) is 0. The molecule has 0 aliphatic rings. The number of hydrogen-bond acceptors (Lipinski definition) is 4. The van der Waals surface area contributed by atoms with Crippen molar-refractivity contribution in [1.29, 1.82) is 0 Å². The largest absolute Gasteiger partial charge is 0.426 e. The van der Waals surface area contributed by atoms with Crippen molar-refractivity contribution in [1.82, 2.24) is 0 Å².